The molecule has 230 valence electrons. The number of carbonyl (C=O) groups excluding carboxylic acids is 3. The van der Waals surface area contributed by atoms with E-state index < -0.39 is 60.2 Å². The van der Waals surface area contributed by atoms with Gasteiger partial charge in [-0.05, 0) is 36.8 Å². The standard InChI is InChI=1S/C27H40N8O7/c1-14(2)10-20(34-23(38)17(28)12-22(36)37)25(40)33-19(8-5-9-31-27(29)30)24(39)35-21(26(41)42)11-15-13-32-18-7-4-3-6-16(15)18/h3-4,6-7,13-14,17,19-21,32H,5,8-12,28H2,1-2H3,(H,33,40)(H,34,38)(H,35,39)(H,36,37)(H,41,42)(H4,29,30,31). The van der Waals surface area contributed by atoms with Crippen LogP contribution in [0.1, 0.15) is 45.1 Å². The number of aliphatic carboxylic acids is 2. The average Bonchev–Trinajstić information content (AvgIpc) is 3.31. The maximum Gasteiger partial charge on any atom is 0.326 e. The Labute approximate surface area is 242 Å². The van der Waals surface area contributed by atoms with Gasteiger partial charge in [-0.25, -0.2) is 4.79 Å². The molecule has 1 aromatic heterocycles. The van der Waals surface area contributed by atoms with Crippen LogP contribution in [0.15, 0.2) is 35.5 Å². The van der Waals surface area contributed by atoms with Gasteiger partial charge in [-0.1, -0.05) is 32.0 Å². The number of benzene rings is 1. The summed E-state index contributed by atoms with van der Waals surface area (Å²) in [5.41, 5.74) is 17.9. The summed E-state index contributed by atoms with van der Waals surface area (Å²) in [5, 5.41) is 27.2. The normalized spacial score (nSPS) is 13.9. The molecule has 2 rings (SSSR count). The molecule has 0 aliphatic carbocycles. The number of carboxylic acid groups (broad SMARTS) is 2. The second kappa shape index (κ2) is 16.0. The molecule has 2 aromatic rings. The fourth-order valence-electron chi connectivity index (χ4n) is 4.30. The Hall–Kier alpha value is -4.66. The molecule has 0 radical (unpaired) electrons. The maximum absolute atomic E-state index is 13.4. The van der Waals surface area contributed by atoms with Crippen molar-refractivity contribution >= 4 is 46.5 Å². The molecule has 15 heteroatoms. The van der Waals surface area contributed by atoms with Gasteiger partial charge in [-0.2, -0.15) is 0 Å². The van der Waals surface area contributed by atoms with Gasteiger partial charge >= 0.3 is 11.9 Å². The molecule has 0 fully saturated rings. The van der Waals surface area contributed by atoms with Gasteiger partial charge in [0.15, 0.2) is 5.96 Å². The third-order valence-corrected chi connectivity index (χ3v) is 6.36. The van der Waals surface area contributed by atoms with Crippen LogP contribution in [0.3, 0.4) is 0 Å². The van der Waals surface area contributed by atoms with Crippen LogP contribution in [-0.4, -0.2) is 81.5 Å². The van der Waals surface area contributed by atoms with Gasteiger partial charge in [0.2, 0.25) is 17.7 Å². The third-order valence-electron chi connectivity index (χ3n) is 6.36. The molecule has 0 bridgehead atoms. The molecule has 3 amide bonds. The van der Waals surface area contributed by atoms with Gasteiger partial charge in [0.05, 0.1) is 12.5 Å². The Bertz CT molecular complexity index is 1290. The van der Waals surface area contributed by atoms with Gasteiger partial charge in [0, 0.05) is 30.1 Å². The van der Waals surface area contributed by atoms with Crippen LogP contribution in [-0.2, 0) is 30.4 Å². The van der Waals surface area contributed by atoms with E-state index in [-0.39, 0.29) is 44.1 Å². The van der Waals surface area contributed by atoms with Crippen LogP contribution in [0.4, 0.5) is 0 Å². The first-order valence-electron chi connectivity index (χ1n) is 13.5. The molecule has 12 N–H and O–H groups in total. The summed E-state index contributed by atoms with van der Waals surface area (Å²) < 4.78 is 0. The number of fused-ring (bicyclic) bond motifs is 1. The highest BCUT2D eigenvalue weighted by Gasteiger charge is 2.31. The maximum atomic E-state index is 13.4. The molecule has 15 nitrogen and oxygen atoms in total. The van der Waals surface area contributed by atoms with E-state index in [1.165, 1.54) is 0 Å². The third kappa shape index (κ3) is 10.7. The van der Waals surface area contributed by atoms with Gasteiger partial charge in [0.25, 0.3) is 0 Å². The number of hydrogen-bond donors (Lipinski definition) is 9. The van der Waals surface area contributed by atoms with Crippen LogP contribution in [0.2, 0.25) is 0 Å². The Kier molecular flexibility index (Phi) is 12.7. The van der Waals surface area contributed by atoms with E-state index in [2.05, 4.69) is 25.9 Å². The molecule has 42 heavy (non-hydrogen) atoms. The number of aliphatic imine (C=N–C) groups is 1. The summed E-state index contributed by atoms with van der Waals surface area (Å²) in [4.78, 5) is 69.1. The Balaban J connectivity index is 2.23. The number of carbonyl (C=O) groups is 5. The zero-order chi connectivity index (χ0) is 31.4. The van der Waals surface area contributed by atoms with Crippen molar-refractivity contribution in [3.8, 4) is 0 Å². The number of guanidine groups is 1. The first-order chi connectivity index (χ1) is 19.8. The van der Waals surface area contributed by atoms with E-state index in [0.717, 1.165) is 10.9 Å². The Morgan fingerprint density at radius 1 is 0.929 bits per heavy atom. The van der Waals surface area contributed by atoms with E-state index in [1.54, 1.807) is 6.20 Å². The van der Waals surface area contributed by atoms with Crippen molar-refractivity contribution in [3.05, 3.63) is 36.0 Å². The lowest BCUT2D eigenvalue weighted by atomic mass is 10.0. The number of rotatable bonds is 17. The lowest BCUT2D eigenvalue weighted by molar-refractivity contribution is -0.142. The van der Waals surface area contributed by atoms with Crippen molar-refractivity contribution in [1.29, 1.82) is 0 Å². The fourth-order valence-corrected chi connectivity index (χ4v) is 4.30. The van der Waals surface area contributed by atoms with Crippen LogP contribution in [0, 0.1) is 5.92 Å². The highest BCUT2D eigenvalue weighted by molar-refractivity contribution is 5.95. The fraction of sp³-hybridized carbons (Fsp3) is 0.481. The van der Waals surface area contributed by atoms with Crippen LogP contribution >= 0.6 is 0 Å². The van der Waals surface area contributed by atoms with E-state index in [9.17, 15) is 29.1 Å². The van der Waals surface area contributed by atoms with E-state index >= 15 is 0 Å². The number of H-pyrrole nitrogens is 1. The number of carboxylic acids is 2. The monoisotopic (exact) mass is 588 g/mol. The Morgan fingerprint density at radius 3 is 2.17 bits per heavy atom. The molecule has 4 unspecified atom stereocenters. The number of nitrogens with zero attached hydrogens (tertiary/aromatic N) is 1. The van der Waals surface area contributed by atoms with Crippen LogP contribution in [0.5, 0.6) is 0 Å². The molecular formula is C27H40N8O7. The second-order valence-corrected chi connectivity index (χ2v) is 10.4. The molecule has 0 aliphatic rings. The van der Waals surface area contributed by atoms with Gasteiger partial charge < -0.3 is 48.3 Å². The van der Waals surface area contributed by atoms with Gasteiger partial charge in [-0.3, -0.25) is 24.2 Å². The van der Waals surface area contributed by atoms with Crippen LogP contribution in [0.25, 0.3) is 10.9 Å². The summed E-state index contributed by atoms with van der Waals surface area (Å²) in [7, 11) is 0. The predicted octanol–water partition coefficient (Wildman–Crippen LogP) is -0.849. The zero-order valence-electron chi connectivity index (χ0n) is 23.6. The first-order valence-corrected chi connectivity index (χ1v) is 13.5. The number of aromatic nitrogens is 1. The van der Waals surface area contributed by atoms with Crippen molar-refractivity contribution in [3.63, 3.8) is 0 Å². The topological polar surface area (TPSA) is 268 Å². The minimum Gasteiger partial charge on any atom is -0.481 e. The lowest BCUT2D eigenvalue weighted by Gasteiger charge is -2.26. The minimum atomic E-state index is -1.38. The number of amides is 3. The lowest BCUT2D eigenvalue weighted by Crippen LogP contribution is -2.57. The quantitative estimate of drug-likeness (QED) is 0.0627. The zero-order valence-corrected chi connectivity index (χ0v) is 23.6. The number of aromatic amines is 1. The summed E-state index contributed by atoms with van der Waals surface area (Å²) in [6.45, 7) is 3.77. The van der Waals surface area contributed by atoms with Crippen molar-refractivity contribution in [1.82, 2.24) is 20.9 Å². The molecule has 0 saturated heterocycles. The van der Waals surface area contributed by atoms with Crippen molar-refractivity contribution < 1.29 is 34.2 Å². The van der Waals surface area contributed by atoms with Crippen molar-refractivity contribution in [2.24, 2.45) is 28.1 Å². The predicted molar refractivity (Wildman–Crippen MR) is 155 cm³/mol. The van der Waals surface area contributed by atoms with Gasteiger partial charge in [-0.15, -0.1) is 0 Å². The smallest absolute Gasteiger partial charge is 0.326 e. The minimum absolute atomic E-state index is 0.0206. The first kappa shape index (κ1) is 33.5. The summed E-state index contributed by atoms with van der Waals surface area (Å²) in [6.07, 6.45) is 1.50. The van der Waals surface area contributed by atoms with Gasteiger partial charge in [0.1, 0.15) is 18.1 Å². The molecular weight excluding hydrogens is 548 g/mol. The van der Waals surface area contributed by atoms with E-state index in [4.69, 9.17) is 22.3 Å². The number of nitrogens with one attached hydrogen (secondary N) is 4. The number of hydrogen-bond acceptors (Lipinski definition) is 7. The molecule has 4 atom stereocenters. The summed E-state index contributed by atoms with van der Waals surface area (Å²) in [6, 6.07) is 2.30. The largest absolute Gasteiger partial charge is 0.481 e. The Morgan fingerprint density at radius 2 is 1.55 bits per heavy atom. The molecule has 0 spiro atoms. The van der Waals surface area contributed by atoms with E-state index in [0.29, 0.717) is 5.56 Å². The molecule has 0 saturated carbocycles. The van der Waals surface area contributed by atoms with Crippen LogP contribution < -0.4 is 33.2 Å². The van der Waals surface area contributed by atoms with Crippen molar-refractivity contribution in [2.45, 2.75) is 70.1 Å². The molecule has 1 aromatic carbocycles. The average molecular weight is 589 g/mol. The molecule has 1 heterocycles. The van der Waals surface area contributed by atoms with E-state index in [1.807, 2.05) is 38.1 Å². The highest BCUT2D eigenvalue weighted by Crippen LogP contribution is 2.19. The second-order valence-electron chi connectivity index (χ2n) is 10.4. The number of para-hydroxylation sites is 1. The number of nitrogens with two attached hydrogens (primary N) is 3. The van der Waals surface area contributed by atoms with Crippen molar-refractivity contribution in [2.75, 3.05) is 6.54 Å². The SMILES string of the molecule is CC(C)CC(NC(=O)C(N)CC(=O)O)C(=O)NC(CCCN=C(N)N)C(=O)NC(Cc1c[nH]c2ccccc12)C(=O)O. The summed E-state index contributed by atoms with van der Waals surface area (Å²) in [5.74, 6) is -5.07. The molecule has 0 aliphatic heterocycles. The highest BCUT2D eigenvalue weighted by atomic mass is 16.4. The summed E-state index contributed by atoms with van der Waals surface area (Å²) >= 11 is 0.